The lowest BCUT2D eigenvalue weighted by atomic mass is 9.92. The Bertz CT molecular complexity index is 624. The summed E-state index contributed by atoms with van der Waals surface area (Å²) in [6, 6.07) is 13.3. The summed E-state index contributed by atoms with van der Waals surface area (Å²) in [5, 5.41) is 2.69. The maximum atomic E-state index is 13.2. The Hall–Kier alpha value is -2.20. The van der Waals surface area contributed by atoms with E-state index in [1.54, 1.807) is 32.0 Å². The van der Waals surface area contributed by atoms with Gasteiger partial charge in [0.2, 0.25) is 5.91 Å². The molecule has 2 aromatic carbocycles. The second-order valence-electron chi connectivity index (χ2n) is 4.98. The monoisotopic (exact) mass is 272 g/mol. The minimum atomic E-state index is -1.18. The molecule has 20 heavy (non-hydrogen) atoms. The standard InChI is InChI=1S/C16H17FN2O/c1-11-8-9-13(17)10-14(11)19-15(20)16(2,18)12-6-4-3-5-7-12/h3-10H,18H2,1-2H3,(H,19,20). The molecule has 1 amide bonds. The van der Waals surface area contributed by atoms with Gasteiger partial charge in [0.05, 0.1) is 0 Å². The Labute approximate surface area is 117 Å². The van der Waals surface area contributed by atoms with Gasteiger partial charge in [-0.1, -0.05) is 36.4 Å². The van der Waals surface area contributed by atoms with Gasteiger partial charge in [-0.05, 0) is 37.1 Å². The first-order valence-corrected chi connectivity index (χ1v) is 6.33. The molecule has 1 unspecified atom stereocenters. The van der Waals surface area contributed by atoms with Crippen LogP contribution in [0.2, 0.25) is 0 Å². The van der Waals surface area contributed by atoms with Crippen LogP contribution in [0.25, 0.3) is 0 Å². The normalized spacial score (nSPS) is 13.6. The summed E-state index contributed by atoms with van der Waals surface area (Å²) < 4.78 is 13.2. The SMILES string of the molecule is Cc1ccc(F)cc1NC(=O)C(C)(N)c1ccccc1. The van der Waals surface area contributed by atoms with Gasteiger partial charge >= 0.3 is 0 Å². The summed E-state index contributed by atoms with van der Waals surface area (Å²) in [6.07, 6.45) is 0. The molecule has 1 atom stereocenters. The van der Waals surface area contributed by atoms with Crippen molar-refractivity contribution in [3.05, 3.63) is 65.5 Å². The fraction of sp³-hybridized carbons (Fsp3) is 0.188. The number of anilines is 1. The first-order valence-electron chi connectivity index (χ1n) is 6.33. The van der Waals surface area contributed by atoms with Crippen molar-refractivity contribution >= 4 is 11.6 Å². The molecule has 4 heteroatoms. The molecule has 0 aromatic heterocycles. The van der Waals surface area contributed by atoms with Crippen molar-refractivity contribution in [3.8, 4) is 0 Å². The van der Waals surface area contributed by atoms with Gasteiger partial charge in [0.1, 0.15) is 11.4 Å². The van der Waals surface area contributed by atoms with Crippen molar-refractivity contribution in [2.24, 2.45) is 5.73 Å². The zero-order valence-corrected chi connectivity index (χ0v) is 11.5. The highest BCUT2D eigenvalue weighted by Gasteiger charge is 2.30. The molecule has 0 saturated carbocycles. The number of benzene rings is 2. The summed E-state index contributed by atoms with van der Waals surface area (Å²) in [5.74, 6) is -0.776. The van der Waals surface area contributed by atoms with E-state index >= 15 is 0 Å². The molecule has 0 heterocycles. The van der Waals surface area contributed by atoms with Gasteiger partial charge in [-0.15, -0.1) is 0 Å². The number of hydrogen-bond donors (Lipinski definition) is 2. The molecular formula is C16H17FN2O. The number of amides is 1. The highest BCUT2D eigenvalue weighted by Crippen LogP contribution is 2.22. The van der Waals surface area contributed by atoms with Crippen LogP contribution in [0.5, 0.6) is 0 Å². The predicted octanol–water partition coefficient (Wildman–Crippen LogP) is 2.95. The zero-order valence-electron chi connectivity index (χ0n) is 11.5. The number of nitrogens with two attached hydrogens (primary N) is 1. The van der Waals surface area contributed by atoms with Gasteiger partial charge in [-0.2, -0.15) is 0 Å². The minimum absolute atomic E-state index is 0.377. The van der Waals surface area contributed by atoms with Crippen LogP contribution in [0.15, 0.2) is 48.5 Å². The maximum Gasteiger partial charge on any atom is 0.248 e. The Morgan fingerprint density at radius 3 is 2.50 bits per heavy atom. The number of aryl methyl sites for hydroxylation is 1. The van der Waals surface area contributed by atoms with Crippen molar-refractivity contribution in [3.63, 3.8) is 0 Å². The molecule has 3 N–H and O–H groups in total. The first kappa shape index (κ1) is 14.2. The Morgan fingerprint density at radius 1 is 1.20 bits per heavy atom. The Morgan fingerprint density at radius 2 is 1.85 bits per heavy atom. The van der Waals surface area contributed by atoms with Crippen LogP contribution in [0.4, 0.5) is 10.1 Å². The van der Waals surface area contributed by atoms with Crippen molar-refractivity contribution in [1.82, 2.24) is 0 Å². The molecule has 104 valence electrons. The maximum absolute atomic E-state index is 13.2. The van der Waals surface area contributed by atoms with Crippen LogP contribution in [-0.2, 0) is 10.3 Å². The van der Waals surface area contributed by atoms with E-state index in [1.165, 1.54) is 12.1 Å². The molecule has 0 aliphatic rings. The van der Waals surface area contributed by atoms with E-state index < -0.39 is 11.4 Å². The van der Waals surface area contributed by atoms with Crippen LogP contribution in [0.1, 0.15) is 18.1 Å². The van der Waals surface area contributed by atoms with E-state index in [0.717, 1.165) is 5.56 Å². The van der Waals surface area contributed by atoms with E-state index in [0.29, 0.717) is 11.3 Å². The Kier molecular flexibility index (Phi) is 3.86. The van der Waals surface area contributed by atoms with Crippen molar-refractivity contribution in [2.75, 3.05) is 5.32 Å². The second kappa shape index (κ2) is 5.43. The van der Waals surface area contributed by atoms with Gasteiger partial charge in [-0.3, -0.25) is 4.79 Å². The van der Waals surface area contributed by atoms with Gasteiger partial charge in [0.15, 0.2) is 0 Å². The quantitative estimate of drug-likeness (QED) is 0.902. The number of nitrogens with one attached hydrogen (secondary N) is 1. The summed E-state index contributed by atoms with van der Waals surface area (Å²) in [7, 11) is 0. The number of carbonyl (C=O) groups is 1. The lowest BCUT2D eigenvalue weighted by molar-refractivity contribution is -0.120. The van der Waals surface area contributed by atoms with Crippen molar-refractivity contribution in [2.45, 2.75) is 19.4 Å². The lowest BCUT2D eigenvalue weighted by Gasteiger charge is -2.24. The number of rotatable bonds is 3. The molecule has 0 saturated heterocycles. The summed E-state index contributed by atoms with van der Waals surface area (Å²) >= 11 is 0. The first-order chi connectivity index (χ1) is 9.41. The molecule has 2 aromatic rings. The highest BCUT2D eigenvalue weighted by atomic mass is 19.1. The van der Waals surface area contributed by atoms with Crippen LogP contribution in [0, 0.1) is 12.7 Å². The van der Waals surface area contributed by atoms with E-state index in [4.69, 9.17) is 5.73 Å². The fourth-order valence-corrected chi connectivity index (χ4v) is 1.90. The average molecular weight is 272 g/mol. The van der Waals surface area contributed by atoms with Gasteiger partial charge in [-0.25, -0.2) is 4.39 Å². The van der Waals surface area contributed by atoms with Gasteiger partial charge < -0.3 is 11.1 Å². The molecule has 3 nitrogen and oxygen atoms in total. The molecule has 0 fully saturated rings. The summed E-state index contributed by atoms with van der Waals surface area (Å²) in [5.41, 5.74) is 6.85. The largest absolute Gasteiger partial charge is 0.324 e. The smallest absolute Gasteiger partial charge is 0.248 e. The summed E-state index contributed by atoms with van der Waals surface area (Å²) in [4.78, 5) is 12.3. The van der Waals surface area contributed by atoms with Crippen molar-refractivity contribution < 1.29 is 9.18 Å². The molecule has 2 rings (SSSR count). The third kappa shape index (κ3) is 2.86. The van der Waals surface area contributed by atoms with Crippen molar-refractivity contribution in [1.29, 1.82) is 0 Å². The third-order valence-electron chi connectivity index (χ3n) is 3.29. The molecule has 0 aliphatic heterocycles. The summed E-state index contributed by atoms with van der Waals surface area (Å²) in [6.45, 7) is 3.43. The molecular weight excluding hydrogens is 255 g/mol. The third-order valence-corrected chi connectivity index (χ3v) is 3.29. The van der Waals surface area contributed by atoms with E-state index in [9.17, 15) is 9.18 Å². The molecule has 0 radical (unpaired) electrons. The van der Waals surface area contributed by atoms with Crippen LogP contribution >= 0.6 is 0 Å². The topological polar surface area (TPSA) is 55.1 Å². The average Bonchev–Trinajstić information content (AvgIpc) is 2.43. The second-order valence-corrected chi connectivity index (χ2v) is 4.98. The zero-order chi connectivity index (χ0) is 14.8. The van der Waals surface area contributed by atoms with Crippen LogP contribution in [0.3, 0.4) is 0 Å². The van der Waals surface area contributed by atoms with E-state index in [-0.39, 0.29) is 5.91 Å². The van der Waals surface area contributed by atoms with Gasteiger partial charge in [0, 0.05) is 5.69 Å². The van der Waals surface area contributed by atoms with E-state index in [2.05, 4.69) is 5.32 Å². The molecule has 0 bridgehead atoms. The lowest BCUT2D eigenvalue weighted by Crippen LogP contribution is -2.45. The predicted molar refractivity (Wildman–Crippen MR) is 77.7 cm³/mol. The Balaban J connectivity index is 2.26. The minimum Gasteiger partial charge on any atom is -0.324 e. The molecule has 0 aliphatic carbocycles. The van der Waals surface area contributed by atoms with E-state index in [1.807, 2.05) is 18.2 Å². The highest BCUT2D eigenvalue weighted by molar-refractivity contribution is 5.98. The van der Waals surface area contributed by atoms with Crippen LogP contribution in [-0.4, -0.2) is 5.91 Å². The molecule has 0 spiro atoms. The fourth-order valence-electron chi connectivity index (χ4n) is 1.90. The number of carbonyl (C=O) groups excluding carboxylic acids is 1. The number of hydrogen-bond acceptors (Lipinski definition) is 2. The van der Waals surface area contributed by atoms with Crippen LogP contribution < -0.4 is 11.1 Å². The van der Waals surface area contributed by atoms with Gasteiger partial charge in [0.25, 0.3) is 0 Å². The number of halogens is 1.